The summed E-state index contributed by atoms with van der Waals surface area (Å²) in [7, 11) is 0. The van der Waals surface area contributed by atoms with Gasteiger partial charge in [-0.15, -0.1) is 16.4 Å². The smallest absolute Gasteiger partial charge is 0.268 e. The molecule has 8 heteroatoms. The first kappa shape index (κ1) is 19.8. The van der Waals surface area contributed by atoms with E-state index in [4.69, 9.17) is 4.74 Å². The summed E-state index contributed by atoms with van der Waals surface area (Å²) >= 11 is 1.31. The molecule has 0 bridgehead atoms. The molecule has 0 aliphatic rings. The van der Waals surface area contributed by atoms with Crippen LogP contribution in [0.15, 0.2) is 66.3 Å². The van der Waals surface area contributed by atoms with Crippen LogP contribution in [0.1, 0.15) is 26.4 Å². The quantitative estimate of drug-likeness (QED) is 0.470. The lowest BCUT2D eigenvalue weighted by Gasteiger charge is -2.04. The summed E-state index contributed by atoms with van der Waals surface area (Å²) in [6, 6.07) is 15.7. The van der Waals surface area contributed by atoms with Gasteiger partial charge >= 0.3 is 0 Å². The van der Waals surface area contributed by atoms with Crippen LogP contribution < -0.4 is 10.1 Å². The summed E-state index contributed by atoms with van der Waals surface area (Å²) in [6.07, 6.45) is 1.59. The Labute approximate surface area is 177 Å². The number of carbonyl (C=O) groups is 1. The van der Waals surface area contributed by atoms with Gasteiger partial charge in [0.25, 0.3) is 5.91 Å². The van der Waals surface area contributed by atoms with Crippen LogP contribution in [0.25, 0.3) is 0 Å². The Hall–Kier alpha value is -3.52. The van der Waals surface area contributed by atoms with E-state index in [-0.39, 0.29) is 17.7 Å². The van der Waals surface area contributed by atoms with Gasteiger partial charge in [-0.25, -0.2) is 14.1 Å². The van der Waals surface area contributed by atoms with E-state index < -0.39 is 0 Å². The Morgan fingerprint density at radius 2 is 2.00 bits per heavy atom. The van der Waals surface area contributed by atoms with Crippen LogP contribution in [-0.4, -0.2) is 20.7 Å². The number of nitrogens with zero attached hydrogens (tertiary/aromatic N) is 3. The molecule has 2 aromatic heterocycles. The number of amides is 1. The molecule has 0 aliphatic heterocycles. The number of rotatable bonds is 7. The summed E-state index contributed by atoms with van der Waals surface area (Å²) in [4.78, 5) is 17.2. The molecule has 152 valence electrons. The molecule has 0 unspecified atom stereocenters. The van der Waals surface area contributed by atoms with Crippen molar-refractivity contribution in [1.29, 1.82) is 0 Å². The highest BCUT2D eigenvalue weighted by atomic mass is 32.1. The van der Waals surface area contributed by atoms with Crippen LogP contribution >= 0.6 is 11.3 Å². The Balaban J connectivity index is 1.33. The maximum atomic E-state index is 12.9. The number of hydrogen-bond acceptors (Lipinski definition) is 5. The maximum Gasteiger partial charge on any atom is 0.268 e. The third kappa shape index (κ3) is 5.09. The van der Waals surface area contributed by atoms with E-state index in [1.54, 1.807) is 29.2 Å². The fraction of sp³-hybridized carbons (Fsp3) is 0.136. The summed E-state index contributed by atoms with van der Waals surface area (Å²) in [5.74, 6) is 0.232. The molecule has 0 spiro atoms. The fourth-order valence-electron chi connectivity index (χ4n) is 2.86. The standard InChI is InChI=1S/C22H19FN4O2S/c1-15-3-2-4-16(9-15)11-27-14-24-22(26-27)25-21(28)20-10-17(13-30-20)12-29-19-7-5-18(23)6-8-19/h2-10,13-14H,11-12H2,1H3,(H,25,26,28). The number of aryl methyl sites for hydroxylation is 1. The minimum Gasteiger partial charge on any atom is -0.489 e. The number of hydrogen-bond donors (Lipinski definition) is 1. The molecule has 1 N–H and O–H groups in total. The molecule has 2 heterocycles. The Morgan fingerprint density at radius 1 is 1.17 bits per heavy atom. The zero-order chi connectivity index (χ0) is 20.9. The monoisotopic (exact) mass is 422 g/mol. The van der Waals surface area contributed by atoms with E-state index in [0.717, 1.165) is 11.1 Å². The van der Waals surface area contributed by atoms with Gasteiger partial charge in [0.1, 0.15) is 24.5 Å². The first-order chi connectivity index (χ1) is 14.5. The number of nitrogens with one attached hydrogen (secondary N) is 1. The van der Waals surface area contributed by atoms with Crippen LogP contribution in [0, 0.1) is 12.7 Å². The van der Waals surface area contributed by atoms with Crippen molar-refractivity contribution < 1.29 is 13.9 Å². The summed E-state index contributed by atoms with van der Waals surface area (Å²) in [6.45, 7) is 2.91. The van der Waals surface area contributed by atoms with E-state index in [0.29, 0.717) is 23.8 Å². The predicted molar refractivity (Wildman–Crippen MR) is 113 cm³/mol. The van der Waals surface area contributed by atoms with Crippen molar-refractivity contribution in [3.8, 4) is 5.75 Å². The minimum absolute atomic E-state index is 0.255. The molecule has 0 radical (unpaired) electrons. The lowest BCUT2D eigenvalue weighted by molar-refractivity contribution is 0.102. The Morgan fingerprint density at radius 3 is 2.80 bits per heavy atom. The van der Waals surface area contributed by atoms with Crippen LogP contribution in [0.2, 0.25) is 0 Å². The van der Waals surface area contributed by atoms with Crippen molar-refractivity contribution in [2.45, 2.75) is 20.1 Å². The summed E-state index contributed by atoms with van der Waals surface area (Å²) in [5, 5.41) is 8.88. The third-order valence-corrected chi connectivity index (χ3v) is 5.26. The zero-order valence-electron chi connectivity index (χ0n) is 16.2. The average Bonchev–Trinajstić information content (AvgIpc) is 3.37. The van der Waals surface area contributed by atoms with Crippen molar-refractivity contribution in [1.82, 2.24) is 14.8 Å². The van der Waals surface area contributed by atoms with E-state index >= 15 is 0 Å². The number of carbonyl (C=O) groups excluding carboxylic acids is 1. The van der Waals surface area contributed by atoms with Crippen LogP contribution in [0.4, 0.5) is 10.3 Å². The van der Waals surface area contributed by atoms with Gasteiger partial charge in [0, 0.05) is 5.56 Å². The number of thiophene rings is 1. The molecule has 0 saturated carbocycles. The Bertz CT molecular complexity index is 1150. The molecule has 30 heavy (non-hydrogen) atoms. The Kier molecular flexibility index (Phi) is 5.85. The SMILES string of the molecule is Cc1cccc(Cn2cnc(NC(=O)c3cc(COc4ccc(F)cc4)cs3)n2)c1. The van der Waals surface area contributed by atoms with E-state index in [1.807, 2.05) is 30.5 Å². The fourth-order valence-corrected chi connectivity index (χ4v) is 3.65. The number of anilines is 1. The number of halogens is 1. The van der Waals surface area contributed by atoms with Crippen LogP contribution in [0.5, 0.6) is 5.75 Å². The number of aromatic nitrogens is 3. The molecule has 6 nitrogen and oxygen atoms in total. The van der Waals surface area contributed by atoms with E-state index in [9.17, 15) is 9.18 Å². The van der Waals surface area contributed by atoms with Crippen LogP contribution in [-0.2, 0) is 13.2 Å². The highest BCUT2D eigenvalue weighted by molar-refractivity contribution is 7.12. The first-order valence-electron chi connectivity index (χ1n) is 9.27. The molecule has 4 rings (SSSR count). The summed E-state index contributed by atoms with van der Waals surface area (Å²) < 4.78 is 20.2. The highest BCUT2D eigenvalue weighted by Gasteiger charge is 2.12. The predicted octanol–water partition coefficient (Wildman–Crippen LogP) is 4.67. The van der Waals surface area contributed by atoms with Crippen molar-refractivity contribution in [2.24, 2.45) is 0 Å². The van der Waals surface area contributed by atoms with Crippen LogP contribution in [0.3, 0.4) is 0 Å². The van der Waals surface area contributed by atoms with Gasteiger partial charge in [-0.05, 0) is 48.2 Å². The first-order valence-corrected chi connectivity index (χ1v) is 10.2. The largest absolute Gasteiger partial charge is 0.489 e. The second kappa shape index (κ2) is 8.87. The second-order valence-corrected chi connectivity index (χ2v) is 7.68. The van der Waals surface area contributed by atoms with Gasteiger partial charge in [-0.2, -0.15) is 0 Å². The molecular formula is C22H19FN4O2S. The van der Waals surface area contributed by atoms with Crippen molar-refractivity contribution in [3.05, 3.63) is 93.7 Å². The molecule has 1 amide bonds. The van der Waals surface area contributed by atoms with Gasteiger partial charge in [0.2, 0.25) is 5.95 Å². The normalized spacial score (nSPS) is 10.7. The second-order valence-electron chi connectivity index (χ2n) is 6.77. The highest BCUT2D eigenvalue weighted by Crippen LogP contribution is 2.19. The van der Waals surface area contributed by atoms with E-state index in [2.05, 4.69) is 21.5 Å². The lowest BCUT2D eigenvalue weighted by Crippen LogP contribution is -2.12. The molecule has 2 aromatic carbocycles. The zero-order valence-corrected chi connectivity index (χ0v) is 17.0. The number of benzene rings is 2. The average molecular weight is 422 g/mol. The topological polar surface area (TPSA) is 69.0 Å². The maximum absolute atomic E-state index is 12.9. The molecule has 0 saturated heterocycles. The molecular weight excluding hydrogens is 403 g/mol. The third-order valence-electron chi connectivity index (χ3n) is 4.29. The van der Waals surface area contributed by atoms with E-state index in [1.165, 1.54) is 29.0 Å². The lowest BCUT2D eigenvalue weighted by atomic mass is 10.1. The van der Waals surface area contributed by atoms with Crippen molar-refractivity contribution in [3.63, 3.8) is 0 Å². The summed E-state index contributed by atoms with van der Waals surface area (Å²) in [5.41, 5.74) is 3.15. The van der Waals surface area contributed by atoms with Gasteiger partial charge in [-0.1, -0.05) is 29.8 Å². The molecule has 4 aromatic rings. The number of ether oxygens (including phenoxy) is 1. The van der Waals surface area contributed by atoms with Gasteiger partial charge in [0.15, 0.2) is 0 Å². The van der Waals surface area contributed by atoms with Crippen molar-refractivity contribution >= 4 is 23.2 Å². The van der Waals surface area contributed by atoms with Gasteiger partial charge in [-0.3, -0.25) is 10.1 Å². The molecule has 0 fully saturated rings. The minimum atomic E-state index is -0.313. The van der Waals surface area contributed by atoms with Gasteiger partial charge < -0.3 is 4.74 Å². The van der Waals surface area contributed by atoms with Crippen molar-refractivity contribution in [2.75, 3.05) is 5.32 Å². The molecule has 0 atom stereocenters. The van der Waals surface area contributed by atoms with Gasteiger partial charge in [0.05, 0.1) is 11.4 Å². The molecule has 0 aliphatic carbocycles.